The summed E-state index contributed by atoms with van der Waals surface area (Å²) in [7, 11) is 1.59. The lowest BCUT2D eigenvalue weighted by atomic mass is 10.1. The fraction of sp³-hybridized carbons (Fsp3) is 0.167. The molecule has 1 N–H and O–H groups in total. The van der Waals surface area contributed by atoms with Crippen molar-refractivity contribution >= 4 is 40.6 Å². The van der Waals surface area contributed by atoms with Gasteiger partial charge in [-0.2, -0.15) is 10.4 Å². The topological polar surface area (TPSA) is 73.0 Å². The lowest BCUT2D eigenvalue weighted by Crippen LogP contribution is -2.34. The Morgan fingerprint density at radius 3 is 2.85 bits per heavy atom. The van der Waals surface area contributed by atoms with Gasteiger partial charge in [-0.15, -0.1) is 0 Å². The third-order valence-corrected chi connectivity index (χ3v) is 4.49. The number of methoxy groups -OCH3 is 1. The fourth-order valence-electron chi connectivity index (χ4n) is 2.49. The maximum Gasteiger partial charge on any atom is 0.233 e. The molecule has 0 aromatic heterocycles. The summed E-state index contributed by atoms with van der Waals surface area (Å²) in [6.45, 7) is 0.590. The number of guanidine groups is 1. The van der Waals surface area contributed by atoms with Gasteiger partial charge in [0.15, 0.2) is 6.19 Å². The van der Waals surface area contributed by atoms with E-state index < -0.39 is 0 Å². The highest BCUT2D eigenvalue weighted by molar-refractivity contribution is 6.42. The van der Waals surface area contributed by atoms with Crippen LogP contribution in [-0.4, -0.2) is 30.3 Å². The van der Waals surface area contributed by atoms with Gasteiger partial charge in [-0.05, 0) is 29.8 Å². The number of aliphatic imine (C=N–C) groups is 1. The third kappa shape index (κ3) is 4.07. The van der Waals surface area contributed by atoms with Gasteiger partial charge >= 0.3 is 0 Å². The normalized spacial score (nSPS) is 14.0. The summed E-state index contributed by atoms with van der Waals surface area (Å²) in [4.78, 5) is 4.47. The van der Waals surface area contributed by atoms with Crippen LogP contribution in [0.1, 0.15) is 12.0 Å². The van der Waals surface area contributed by atoms with Crippen LogP contribution in [0.15, 0.2) is 52.6 Å². The van der Waals surface area contributed by atoms with Gasteiger partial charge in [0.25, 0.3) is 0 Å². The molecule has 1 aliphatic heterocycles. The van der Waals surface area contributed by atoms with Gasteiger partial charge in [0.1, 0.15) is 5.75 Å². The molecule has 132 valence electrons. The zero-order valence-electron chi connectivity index (χ0n) is 13.9. The van der Waals surface area contributed by atoms with Crippen molar-refractivity contribution in [2.45, 2.75) is 6.42 Å². The predicted molar refractivity (Wildman–Crippen MR) is 103 cm³/mol. The molecule has 0 saturated carbocycles. The first-order chi connectivity index (χ1) is 12.6. The summed E-state index contributed by atoms with van der Waals surface area (Å²) in [6.07, 6.45) is 2.60. The average Bonchev–Trinajstić information content (AvgIpc) is 3.14. The molecule has 1 heterocycles. The van der Waals surface area contributed by atoms with E-state index in [0.29, 0.717) is 40.4 Å². The quantitative estimate of drug-likeness (QED) is 0.371. The largest absolute Gasteiger partial charge is 0.497 e. The van der Waals surface area contributed by atoms with Crippen molar-refractivity contribution in [3.8, 4) is 11.9 Å². The first-order valence-electron chi connectivity index (χ1n) is 7.79. The fourth-order valence-corrected chi connectivity index (χ4v) is 2.79. The molecule has 0 unspecified atom stereocenters. The highest BCUT2D eigenvalue weighted by Gasteiger charge is 2.21. The molecule has 2 aromatic rings. The number of rotatable bonds is 3. The number of halogens is 2. The summed E-state index contributed by atoms with van der Waals surface area (Å²) in [6, 6.07) is 12.6. The van der Waals surface area contributed by atoms with E-state index in [4.69, 9.17) is 33.2 Å². The van der Waals surface area contributed by atoms with Crippen LogP contribution in [0, 0.1) is 11.5 Å². The van der Waals surface area contributed by atoms with Crippen molar-refractivity contribution in [1.29, 1.82) is 5.26 Å². The number of nitriles is 1. The molecule has 0 atom stereocenters. The second-order valence-corrected chi connectivity index (χ2v) is 6.24. The average molecular weight is 388 g/mol. The Morgan fingerprint density at radius 1 is 1.27 bits per heavy atom. The van der Waals surface area contributed by atoms with Crippen LogP contribution >= 0.6 is 23.2 Å². The maximum atomic E-state index is 9.05. The van der Waals surface area contributed by atoms with E-state index in [1.807, 2.05) is 30.5 Å². The SMILES string of the molecule is COc1cccc(N=C(NC#N)N2CCC(c3ccc(Cl)c(Cl)c3)=N2)c1. The molecule has 0 bridgehead atoms. The molecule has 8 heteroatoms. The van der Waals surface area contributed by atoms with E-state index in [2.05, 4.69) is 15.4 Å². The van der Waals surface area contributed by atoms with Crippen molar-refractivity contribution in [2.24, 2.45) is 10.1 Å². The van der Waals surface area contributed by atoms with Crippen LogP contribution in [0.4, 0.5) is 5.69 Å². The number of benzene rings is 2. The van der Waals surface area contributed by atoms with Gasteiger partial charge in [0, 0.05) is 12.5 Å². The van der Waals surface area contributed by atoms with Crippen molar-refractivity contribution in [3.05, 3.63) is 58.1 Å². The molecule has 2 aromatic carbocycles. The number of ether oxygens (including phenoxy) is 1. The smallest absolute Gasteiger partial charge is 0.233 e. The highest BCUT2D eigenvalue weighted by atomic mass is 35.5. The third-order valence-electron chi connectivity index (χ3n) is 3.76. The van der Waals surface area contributed by atoms with Crippen LogP contribution in [0.3, 0.4) is 0 Å². The maximum absolute atomic E-state index is 9.05. The van der Waals surface area contributed by atoms with Gasteiger partial charge in [-0.1, -0.05) is 35.3 Å². The van der Waals surface area contributed by atoms with E-state index in [9.17, 15) is 0 Å². The van der Waals surface area contributed by atoms with Crippen LogP contribution in [0.25, 0.3) is 0 Å². The number of hydrogen-bond acceptors (Lipinski definition) is 4. The van der Waals surface area contributed by atoms with Crippen LogP contribution in [-0.2, 0) is 0 Å². The van der Waals surface area contributed by atoms with Crippen molar-refractivity contribution in [2.75, 3.05) is 13.7 Å². The Balaban J connectivity index is 1.89. The second kappa shape index (κ2) is 8.09. The molecule has 1 aliphatic rings. The first-order valence-corrected chi connectivity index (χ1v) is 8.54. The van der Waals surface area contributed by atoms with Crippen molar-refractivity contribution < 1.29 is 4.74 Å². The van der Waals surface area contributed by atoms with Gasteiger partial charge < -0.3 is 4.74 Å². The lowest BCUT2D eigenvalue weighted by molar-refractivity contribution is 0.415. The van der Waals surface area contributed by atoms with Crippen LogP contribution < -0.4 is 10.1 Å². The Morgan fingerprint density at radius 2 is 2.12 bits per heavy atom. The number of hydrogen-bond donors (Lipinski definition) is 1. The van der Waals surface area contributed by atoms with Gasteiger partial charge in [-0.3, -0.25) is 5.32 Å². The summed E-state index contributed by atoms with van der Waals surface area (Å²) >= 11 is 12.1. The van der Waals surface area contributed by atoms with Crippen molar-refractivity contribution in [1.82, 2.24) is 10.3 Å². The Kier molecular flexibility index (Phi) is 5.61. The Hall–Kier alpha value is -2.75. The van der Waals surface area contributed by atoms with Gasteiger partial charge in [0.05, 0.1) is 35.1 Å². The van der Waals surface area contributed by atoms with Crippen LogP contribution in [0.2, 0.25) is 10.0 Å². The molecule has 0 saturated heterocycles. The number of hydrazone groups is 1. The Labute approximate surface area is 161 Å². The van der Waals surface area contributed by atoms with E-state index in [1.54, 1.807) is 30.3 Å². The molecule has 0 fully saturated rings. The minimum Gasteiger partial charge on any atom is -0.497 e. The minimum absolute atomic E-state index is 0.343. The zero-order valence-corrected chi connectivity index (χ0v) is 15.4. The summed E-state index contributed by atoms with van der Waals surface area (Å²) in [5.74, 6) is 1.03. The van der Waals surface area contributed by atoms with Gasteiger partial charge in [0.2, 0.25) is 5.96 Å². The minimum atomic E-state index is 0.343. The lowest BCUT2D eigenvalue weighted by Gasteiger charge is -2.14. The number of nitrogens with one attached hydrogen (secondary N) is 1. The summed E-state index contributed by atoms with van der Waals surface area (Å²) in [5, 5.41) is 18.8. The van der Waals surface area contributed by atoms with Gasteiger partial charge in [-0.25, -0.2) is 10.0 Å². The second-order valence-electron chi connectivity index (χ2n) is 5.42. The molecule has 0 amide bonds. The molecule has 26 heavy (non-hydrogen) atoms. The molecule has 6 nitrogen and oxygen atoms in total. The molecular formula is C18H15Cl2N5O. The molecule has 0 spiro atoms. The molecular weight excluding hydrogens is 373 g/mol. The van der Waals surface area contributed by atoms with Crippen LogP contribution in [0.5, 0.6) is 5.75 Å². The molecule has 0 radical (unpaired) electrons. The molecule has 0 aliphatic carbocycles. The number of nitrogens with zero attached hydrogens (tertiary/aromatic N) is 4. The van der Waals surface area contributed by atoms with Crippen molar-refractivity contribution in [3.63, 3.8) is 0 Å². The summed E-state index contributed by atoms with van der Waals surface area (Å²) < 4.78 is 5.20. The Bertz CT molecular complexity index is 920. The van der Waals surface area contributed by atoms with E-state index >= 15 is 0 Å². The summed E-state index contributed by atoms with van der Waals surface area (Å²) in [5.41, 5.74) is 2.39. The highest BCUT2D eigenvalue weighted by Crippen LogP contribution is 2.25. The molecule has 3 rings (SSSR count). The zero-order chi connectivity index (χ0) is 18.5. The first kappa shape index (κ1) is 18.1. The van der Waals surface area contributed by atoms with E-state index in [1.165, 1.54) is 0 Å². The predicted octanol–water partition coefficient (Wildman–Crippen LogP) is 4.17. The van der Waals surface area contributed by atoms with E-state index in [-0.39, 0.29) is 0 Å². The van der Waals surface area contributed by atoms with E-state index in [0.717, 1.165) is 11.3 Å². The monoisotopic (exact) mass is 387 g/mol. The standard InChI is InChI=1S/C18H15Cl2N5O/c1-26-14-4-2-3-13(10-14)23-18(22-11-21)25-8-7-17(24-25)12-5-6-15(19)16(20)9-12/h2-6,9-10H,7-8H2,1H3,(H,22,23).